The zero-order valence-corrected chi connectivity index (χ0v) is 14.3. The summed E-state index contributed by atoms with van der Waals surface area (Å²) in [7, 11) is 0. The van der Waals surface area contributed by atoms with Gasteiger partial charge in [-0.3, -0.25) is 4.90 Å². The van der Waals surface area contributed by atoms with Crippen LogP contribution < -0.4 is 5.32 Å². The summed E-state index contributed by atoms with van der Waals surface area (Å²) >= 11 is 0. The van der Waals surface area contributed by atoms with Gasteiger partial charge in [-0.2, -0.15) is 0 Å². The van der Waals surface area contributed by atoms with Crippen molar-refractivity contribution >= 4 is 0 Å². The minimum Gasteiger partial charge on any atom is -0.313 e. The van der Waals surface area contributed by atoms with Crippen LogP contribution in [0.25, 0.3) is 0 Å². The summed E-state index contributed by atoms with van der Waals surface area (Å²) in [5.41, 5.74) is 0. The Hall–Kier alpha value is -0.0800. The van der Waals surface area contributed by atoms with Gasteiger partial charge in [0.1, 0.15) is 0 Å². The van der Waals surface area contributed by atoms with Crippen molar-refractivity contribution in [1.82, 2.24) is 10.2 Å². The molecule has 1 saturated heterocycles. The maximum Gasteiger partial charge on any atom is 0.0195 e. The van der Waals surface area contributed by atoms with Crippen LogP contribution in [0, 0.1) is 11.8 Å². The number of nitrogens with one attached hydrogen (secondary N) is 1. The number of hydrogen-bond acceptors (Lipinski definition) is 2. The van der Waals surface area contributed by atoms with Crippen LogP contribution in [0.4, 0.5) is 0 Å². The summed E-state index contributed by atoms with van der Waals surface area (Å²) in [6.07, 6.45) is 14.5. The molecule has 3 atom stereocenters. The lowest BCUT2D eigenvalue weighted by molar-refractivity contribution is 0.141. The monoisotopic (exact) mass is 292 g/mol. The Morgan fingerprint density at radius 2 is 1.62 bits per heavy atom. The molecule has 0 amide bonds. The highest BCUT2D eigenvalue weighted by molar-refractivity contribution is 4.92. The fourth-order valence-electron chi connectivity index (χ4n) is 4.65. The number of nitrogens with zero attached hydrogens (tertiary/aromatic N) is 1. The number of hydrogen-bond donors (Lipinski definition) is 1. The van der Waals surface area contributed by atoms with E-state index in [0.29, 0.717) is 0 Å². The Morgan fingerprint density at radius 1 is 0.857 bits per heavy atom. The van der Waals surface area contributed by atoms with Crippen LogP contribution in [-0.2, 0) is 0 Å². The van der Waals surface area contributed by atoms with E-state index in [-0.39, 0.29) is 0 Å². The third-order valence-electron chi connectivity index (χ3n) is 6.25. The highest BCUT2D eigenvalue weighted by Gasteiger charge is 2.36. The molecule has 1 N–H and O–H groups in total. The lowest BCUT2D eigenvalue weighted by Crippen LogP contribution is -2.48. The van der Waals surface area contributed by atoms with Crippen molar-refractivity contribution in [2.24, 2.45) is 11.8 Å². The van der Waals surface area contributed by atoms with Gasteiger partial charge < -0.3 is 5.32 Å². The summed E-state index contributed by atoms with van der Waals surface area (Å²) in [5.74, 6) is 1.88. The van der Waals surface area contributed by atoms with E-state index in [9.17, 15) is 0 Å². The SMILES string of the molecule is CC(C)C1CCCC(N(CC2CCCCN2)C2CC2)CC1. The topological polar surface area (TPSA) is 15.3 Å². The lowest BCUT2D eigenvalue weighted by Gasteiger charge is -2.36. The van der Waals surface area contributed by atoms with E-state index < -0.39 is 0 Å². The molecule has 0 aromatic rings. The van der Waals surface area contributed by atoms with Gasteiger partial charge in [-0.05, 0) is 63.3 Å². The molecular formula is C19H36N2. The summed E-state index contributed by atoms with van der Waals surface area (Å²) in [6.45, 7) is 7.44. The van der Waals surface area contributed by atoms with Crippen molar-refractivity contribution in [2.75, 3.05) is 13.1 Å². The average molecular weight is 293 g/mol. The average Bonchev–Trinajstić information content (AvgIpc) is 3.32. The molecule has 2 nitrogen and oxygen atoms in total. The van der Waals surface area contributed by atoms with Crippen molar-refractivity contribution in [1.29, 1.82) is 0 Å². The lowest BCUT2D eigenvalue weighted by atomic mass is 9.89. The molecule has 21 heavy (non-hydrogen) atoms. The zero-order chi connectivity index (χ0) is 14.7. The molecule has 0 aromatic heterocycles. The Morgan fingerprint density at radius 3 is 2.29 bits per heavy atom. The van der Waals surface area contributed by atoms with E-state index in [4.69, 9.17) is 0 Å². The largest absolute Gasteiger partial charge is 0.313 e. The summed E-state index contributed by atoms with van der Waals surface area (Å²) < 4.78 is 0. The van der Waals surface area contributed by atoms with Crippen molar-refractivity contribution < 1.29 is 0 Å². The molecule has 3 rings (SSSR count). The van der Waals surface area contributed by atoms with E-state index in [2.05, 4.69) is 24.1 Å². The molecule has 2 saturated carbocycles. The molecule has 3 aliphatic rings. The first-order valence-corrected chi connectivity index (χ1v) is 9.73. The van der Waals surface area contributed by atoms with Gasteiger partial charge in [0.05, 0.1) is 0 Å². The first-order chi connectivity index (χ1) is 10.2. The van der Waals surface area contributed by atoms with Gasteiger partial charge in [-0.15, -0.1) is 0 Å². The van der Waals surface area contributed by atoms with Gasteiger partial charge in [-0.1, -0.05) is 33.1 Å². The molecule has 122 valence electrons. The molecule has 0 spiro atoms. The summed E-state index contributed by atoms with van der Waals surface area (Å²) in [4.78, 5) is 2.94. The van der Waals surface area contributed by atoms with Crippen molar-refractivity contribution in [3.05, 3.63) is 0 Å². The second-order valence-corrected chi connectivity index (χ2v) is 8.24. The van der Waals surface area contributed by atoms with E-state index in [0.717, 1.165) is 30.0 Å². The fourth-order valence-corrected chi connectivity index (χ4v) is 4.65. The van der Waals surface area contributed by atoms with Crippen molar-refractivity contribution in [3.63, 3.8) is 0 Å². The van der Waals surface area contributed by atoms with Gasteiger partial charge in [0, 0.05) is 24.7 Å². The maximum atomic E-state index is 3.77. The molecule has 2 aliphatic carbocycles. The van der Waals surface area contributed by atoms with Gasteiger partial charge >= 0.3 is 0 Å². The Labute approximate surface area is 132 Å². The number of piperidine rings is 1. The van der Waals surface area contributed by atoms with Crippen LogP contribution in [0.3, 0.4) is 0 Å². The minimum atomic E-state index is 0.781. The van der Waals surface area contributed by atoms with Gasteiger partial charge in [0.15, 0.2) is 0 Å². The summed E-state index contributed by atoms with van der Waals surface area (Å²) in [5, 5.41) is 3.77. The zero-order valence-electron chi connectivity index (χ0n) is 14.3. The third kappa shape index (κ3) is 4.45. The first kappa shape index (κ1) is 15.8. The van der Waals surface area contributed by atoms with Crippen molar-refractivity contribution in [2.45, 2.75) is 96.2 Å². The van der Waals surface area contributed by atoms with Crippen LogP contribution in [0.1, 0.15) is 78.1 Å². The van der Waals surface area contributed by atoms with E-state index >= 15 is 0 Å². The first-order valence-electron chi connectivity index (χ1n) is 9.73. The maximum absolute atomic E-state index is 3.77. The highest BCUT2D eigenvalue weighted by atomic mass is 15.2. The standard InChI is InChI=1S/C19H36N2/c1-15(2)16-6-5-8-18(10-9-16)21(19-11-12-19)14-17-7-3-4-13-20-17/h15-20H,3-14H2,1-2H3. The molecular weight excluding hydrogens is 256 g/mol. The van der Waals surface area contributed by atoms with Crippen LogP contribution in [0.5, 0.6) is 0 Å². The fraction of sp³-hybridized carbons (Fsp3) is 1.00. The molecule has 0 radical (unpaired) electrons. The predicted octanol–water partition coefficient (Wildman–Crippen LogP) is 4.20. The number of rotatable bonds is 5. The minimum absolute atomic E-state index is 0.781. The van der Waals surface area contributed by atoms with Gasteiger partial charge in [0.25, 0.3) is 0 Å². The van der Waals surface area contributed by atoms with E-state index in [1.165, 1.54) is 77.3 Å². The Kier molecular flexibility index (Phi) is 5.61. The van der Waals surface area contributed by atoms with Crippen LogP contribution in [-0.4, -0.2) is 36.1 Å². The molecule has 1 aliphatic heterocycles. The second kappa shape index (κ2) is 7.46. The normalized spacial score (nSPS) is 35.1. The Balaban J connectivity index is 1.55. The molecule has 0 bridgehead atoms. The van der Waals surface area contributed by atoms with Crippen molar-refractivity contribution in [3.8, 4) is 0 Å². The molecule has 1 heterocycles. The van der Waals surface area contributed by atoms with Crippen LogP contribution in [0.15, 0.2) is 0 Å². The highest BCUT2D eigenvalue weighted by Crippen LogP contribution is 2.36. The molecule has 3 fully saturated rings. The van der Waals surface area contributed by atoms with Crippen LogP contribution in [0.2, 0.25) is 0 Å². The van der Waals surface area contributed by atoms with E-state index in [1.807, 2.05) is 0 Å². The third-order valence-corrected chi connectivity index (χ3v) is 6.25. The second-order valence-electron chi connectivity index (χ2n) is 8.24. The molecule has 3 unspecified atom stereocenters. The Bertz CT molecular complexity index is 305. The van der Waals surface area contributed by atoms with Gasteiger partial charge in [0.2, 0.25) is 0 Å². The smallest absolute Gasteiger partial charge is 0.0195 e. The summed E-state index contributed by atoms with van der Waals surface area (Å²) in [6, 6.07) is 2.61. The molecule has 2 heteroatoms. The predicted molar refractivity (Wildman–Crippen MR) is 90.6 cm³/mol. The quantitative estimate of drug-likeness (QED) is 0.764. The molecule has 0 aromatic carbocycles. The van der Waals surface area contributed by atoms with Gasteiger partial charge in [-0.25, -0.2) is 0 Å². The van der Waals surface area contributed by atoms with Crippen LogP contribution >= 0.6 is 0 Å². The van der Waals surface area contributed by atoms with E-state index in [1.54, 1.807) is 0 Å².